The number of unbranched alkanes of at least 4 members (excludes halogenated alkanes) is 7. The fraction of sp³-hybridized carbons (Fsp3) is 0.450. The smallest absolute Gasteiger partial charge is 0.241 e. The first-order valence-corrected chi connectivity index (χ1v) is 8.40. The Labute approximate surface area is 136 Å². The van der Waals surface area contributed by atoms with Crippen LogP contribution in [0.25, 0.3) is 0 Å². The molecule has 0 saturated carbocycles. The molecule has 0 spiro atoms. The lowest BCUT2D eigenvalue weighted by atomic mass is 10.1. The summed E-state index contributed by atoms with van der Waals surface area (Å²) in [4.78, 5) is 10.4. The summed E-state index contributed by atoms with van der Waals surface area (Å²) in [7, 11) is 0. The van der Waals surface area contributed by atoms with Crippen molar-refractivity contribution < 1.29 is 4.79 Å². The Morgan fingerprint density at radius 3 is 1.82 bits per heavy atom. The second kappa shape index (κ2) is 17.2. The van der Waals surface area contributed by atoms with Gasteiger partial charge in [0, 0.05) is 6.08 Å². The molecule has 2 nitrogen and oxygen atoms in total. The molecule has 0 unspecified atom stereocenters. The maximum atomic E-state index is 10.4. The van der Waals surface area contributed by atoms with E-state index in [1.807, 2.05) is 30.4 Å². The van der Waals surface area contributed by atoms with Crippen LogP contribution in [0.1, 0.15) is 58.3 Å². The molecular formula is C20H31NO. The minimum absolute atomic E-state index is 0.431. The van der Waals surface area contributed by atoms with Crippen molar-refractivity contribution in [3.63, 3.8) is 0 Å². The number of primary amides is 1. The summed E-state index contributed by atoms with van der Waals surface area (Å²) in [6, 6.07) is 0. The number of nitrogens with two attached hydrogens (primary N) is 1. The Morgan fingerprint density at radius 1 is 0.727 bits per heavy atom. The lowest BCUT2D eigenvalue weighted by Gasteiger charge is -1.98. The molecule has 0 aromatic heterocycles. The van der Waals surface area contributed by atoms with E-state index in [4.69, 9.17) is 5.73 Å². The van der Waals surface area contributed by atoms with Crippen molar-refractivity contribution in [2.24, 2.45) is 5.73 Å². The van der Waals surface area contributed by atoms with Crippen molar-refractivity contribution >= 4 is 5.91 Å². The predicted octanol–water partition coefficient (Wildman–Crippen LogP) is 5.39. The molecule has 0 aromatic carbocycles. The van der Waals surface area contributed by atoms with Crippen LogP contribution in [0.2, 0.25) is 0 Å². The van der Waals surface area contributed by atoms with Gasteiger partial charge in [0.15, 0.2) is 0 Å². The van der Waals surface area contributed by atoms with Crippen molar-refractivity contribution in [2.45, 2.75) is 58.3 Å². The highest BCUT2D eigenvalue weighted by molar-refractivity contribution is 5.85. The van der Waals surface area contributed by atoms with Gasteiger partial charge in [0.25, 0.3) is 0 Å². The molecule has 22 heavy (non-hydrogen) atoms. The zero-order valence-corrected chi connectivity index (χ0v) is 13.9. The second-order valence-electron chi connectivity index (χ2n) is 5.25. The topological polar surface area (TPSA) is 43.1 Å². The first-order chi connectivity index (χ1) is 10.8. The molecule has 0 saturated heterocycles. The van der Waals surface area contributed by atoms with Gasteiger partial charge in [-0.3, -0.25) is 4.79 Å². The molecule has 0 fully saturated rings. The fourth-order valence-corrected chi connectivity index (χ4v) is 1.93. The van der Waals surface area contributed by atoms with Crippen LogP contribution in [0, 0.1) is 0 Å². The molecule has 2 N–H and O–H groups in total. The average molecular weight is 301 g/mol. The number of hydrogen-bond donors (Lipinski definition) is 1. The Kier molecular flexibility index (Phi) is 15.8. The van der Waals surface area contributed by atoms with Crippen molar-refractivity contribution in [2.75, 3.05) is 0 Å². The third kappa shape index (κ3) is 18.2. The molecule has 0 aliphatic rings. The molecule has 0 heterocycles. The monoisotopic (exact) mass is 301 g/mol. The lowest BCUT2D eigenvalue weighted by molar-refractivity contribution is -0.113. The van der Waals surface area contributed by atoms with Crippen LogP contribution < -0.4 is 5.73 Å². The van der Waals surface area contributed by atoms with Gasteiger partial charge in [0.2, 0.25) is 5.91 Å². The van der Waals surface area contributed by atoms with Gasteiger partial charge in [0.05, 0.1) is 0 Å². The number of rotatable bonds is 13. The summed E-state index contributed by atoms with van der Waals surface area (Å²) < 4.78 is 0. The van der Waals surface area contributed by atoms with Crippen LogP contribution in [-0.2, 0) is 4.79 Å². The molecule has 0 aliphatic carbocycles. The summed E-state index contributed by atoms with van der Waals surface area (Å²) in [5.74, 6) is -0.431. The van der Waals surface area contributed by atoms with E-state index in [-0.39, 0.29) is 0 Å². The molecule has 0 bridgehead atoms. The van der Waals surface area contributed by atoms with Crippen molar-refractivity contribution in [1.82, 2.24) is 0 Å². The molecule has 2 heteroatoms. The van der Waals surface area contributed by atoms with Crippen molar-refractivity contribution in [1.29, 1.82) is 0 Å². The zero-order valence-electron chi connectivity index (χ0n) is 13.9. The standard InChI is InChI=1S/C20H31NO/c1-2-3-4-5-6-7-8-9-10-11-12-13-14-15-16-17-18-19-20(21)22/h10-19H,2-9H2,1H3,(H2,21,22). The van der Waals surface area contributed by atoms with Crippen LogP contribution >= 0.6 is 0 Å². The number of hydrogen-bond acceptors (Lipinski definition) is 1. The molecule has 0 radical (unpaired) electrons. The molecule has 0 aromatic rings. The van der Waals surface area contributed by atoms with Crippen LogP contribution in [0.15, 0.2) is 60.8 Å². The minimum Gasteiger partial charge on any atom is -0.366 e. The summed E-state index contributed by atoms with van der Waals surface area (Å²) in [5, 5.41) is 0. The largest absolute Gasteiger partial charge is 0.366 e. The minimum atomic E-state index is -0.431. The van der Waals surface area contributed by atoms with Gasteiger partial charge in [-0.1, -0.05) is 100 Å². The molecule has 0 rings (SSSR count). The van der Waals surface area contributed by atoms with E-state index in [1.165, 1.54) is 57.4 Å². The van der Waals surface area contributed by atoms with E-state index < -0.39 is 5.91 Å². The predicted molar refractivity (Wildman–Crippen MR) is 97.5 cm³/mol. The van der Waals surface area contributed by atoms with Gasteiger partial charge in [-0.05, 0) is 12.8 Å². The van der Waals surface area contributed by atoms with Crippen LogP contribution in [0.4, 0.5) is 0 Å². The highest BCUT2D eigenvalue weighted by Crippen LogP contribution is 2.08. The van der Waals surface area contributed by atoms with E-state index >= 15 is 0 Å². The van der Waals surface area contributed by atoms with E-state index in [2.05, 4.69) is 19.1 Å². The Morgan fingerprint density at radius 2 is 1.23 bits per heavy atom. The number of amides is 1. The van der Waals surface area contributed by atoms with Gasteiger partial charge in [-0.25, -0.2) is 0 Å². The molecule has 0 atom stereocenters. The average Bonchev–Trinajstić information content (AvgIpc) is 2.50. The highest BCUT2D eigenvalue weighted by Gasteiger charge is 1.88. The van der Waals surface area contributed by atoms with E-state index in [0.29, 0.717) is 0 Å². The van der Waals surface area contributed by atoms with Crippen LogP contribution in [-0.4, -0.2) is 5.91 Å². The fourth-order valence-electron chi connectivity index (χ4n) is 1.93. The molecule has 122 valence electrons. The first-order valence-electron chi connectivity index (χ1n) is 8.40. The SMILES string of the molecule is CCCCCCCCCC=CC=CC=CC=CC=CC(N)=O. The molecule has 0 aliphatic heterocycles. The van der Waals surface area contributed by atoms with Gasteiger partial charge in [-0.15, -0.1) is 0 Å². The number of allylic oxidation sites excluding steroid dienone is 9. The Hall–Kier alpha value is -1.83. The van der Waals surface area contributed by atoms with Crippen molar-refractivity contribution in [3.8, 4) is 0 Å². The van der Waals surface area contributed by atoms with Gasteiger partial charge < -0.3 is 5.73 Å². The quantitative estimate of drug-likeness (QED) is 0.276. The lowest BCUT2D eigenvalue weighted by Crippen LogP contribution is -2.04. The third-order valence-corrected chi connectivity index (χ3v) is 3.15. The number of carbonyl (C=O) groups is 1. The van der Waals surface area contributed by atoms with Gasteiger partial charge in [0.1, 0.15) is 0 Å². The van der Waals surface area contributed by atoms with Crippen molar-refractivity contribution in [3.05, 3.63) is 60.8 Å². The molecular weight excluding hydrogens is 270 g/mol. The Bertz CT molecular complexity index is 400. The van der Waals surface area contributed by atoms with E-state index in [9.17, 15) is 4.79 Å². The summed E-state index contributed by atoms with van der Waals surface area (Å²) in [5.41, 5.74) is 4.96. The summed E-state index contributed by atoms with van der Waals surface area (Å²) in [6.07, 6.45) is 29.5. The first kappa shape index (κ1) is 20.2. The normalized spacial score (nSPS) is 12.8. The van der Waals surface area contributed by atoms with E-state index in [1.54, 1.807) is 12.2 Å². The number of carbonyl (C=O) groups excluding carboxylic acids is 1. The summed E-state index contributed by atoms with van der Waals surface area (Å²) in [6.45, 7) is 2.25. The maximum Gasteiger partial charge on any atom is 0.241 e. The zero-order chi connectivity index (χ0) is 16.3. The molecule has 1 amide bonds. The van der Waals surface area contributed by atoms with Crippen LogP contribution in [0.5, 0.6) is 0 Å². The third-order valence-electron chi connectivity index (χ3n) is 3.15. The van der Waals surface area contributed by atoms with E-state index in [0.717, 1.165) is 0 Å². The van der Waals surface area contributed by atoms with Crippen LogP contribution in [0.3, 0.4) is 0 Å². The van der Waals surface area contributed by atoms with Gasteiger partial charge in [-0.2, -0.15) is 0 Å². The highest BCUT2D eigenvalue weighted by atomic mass is 16.1. The maximum absolute atomic E-state index is 10.4. The second-order valence-corrected chi connectivity index (χ2v) is 5.25. The Balaban J connectivity index is 3.50. The summed E-state index contributed by atoms with van der Waals surface area (Å²) >= 11 is 0. The van der Waals surface area contributed by atoms with Gasteiger partial charge >= 0.3 is 0 Å².